The molecular formula is C21H16F3N5. The first-order chi connectivity index (χ1) is 13.9. The monoisotopic (exact) mass is 395 g/mol. The first-order valence-corrected chi connectivity index (χ1v) is 8.85. The number of hydrogen-bond donors (Lipinski definition) is 0. The van der Waals surface area contributed by atoms with Crippen molar-refractivity contribution in [2.45, 2.75) is 19.6 Å². The van der Waals surface area contributed by atoms with Crippen LogP contribution in [0.25, 0.3) is 22.6 Å². The van der Waals surface area contributed by atoms with E-state index in [1.54, 1.807) is 22.9 Å². The fraction of sp³-hybridized carbons (Fsp3) is 0.143. The van der Waals surface area contributed by atoms with Gasteiger partial charge in [-0.25, -0.2) is 9.97 Å². The molecule has 0 N–H and O–H groups in total. The number of pyridine rings is 1. The Bertz CT molecular complexity index is 1150. The smallest absolute Gasteiger partial charge is 0.266 e. The molecule has 29 heavy (non-hydrogen) atoms. The quantitative estimate of drug-likeness (QED) is 0.499. The van der Waals surface area contributed by atoms with Crippen LogP contribution in [-0.2, 0) is 12.7 Å². The van der Waals surface area contributed by atoms with Gasteiger partial charge in [0.1, 0.15) is 5.69 Å². The summed E-state index contributed by atoms with van der Waals surface area (Å²) >= 11 is 0. The molecule has 0 bridgehead atoms. The Hall–Kier alpha value is -3.55. The third-order valence-electron chi connectivity index (χ3n) is 4.27. The van der Waals surface area contributed by atoms with Gasteiger partial charge < -0.3 is 0 Å². The van der Waals surface area contributed by atoms with Crippen LogP contribution < -0.4 is 0 Å². The minimum atomic E-state index is -4.52. The third-order valence-corrected chi connectivity index (χ3v) is 4.27. The predicted molar refractivity (Wildman–Crippen MR) is 102 cm³/mol. The second kappa shape index (κ2) is 7.46. The zero-order valence-corrected chi connectivity index (χ0v) is 15.4. The second-order valence-electron chi connectivity index (χ2n) is 6.51. The maximum absolute atomic E-state index is 12.9. The van der Waals surface area contributed by atoms with Gasteiger partial charge in [-0.3, -0.25) is 9.67 Å². The summed E-state index contributed by atoms with van der Waals surface area (Å²) in [6.07, 6.45) is -1.56. The van der Waals surface area contributed by atoms with Gasteiger partial charge in [-0.15, -0.1) is 0 Å². The molecule has 0 spiro atoms. The van der Waals surface area contributed by atoms with E-state index in [-0.39, 0.29) is 5.82 Å². The molecule has 1 aromatic carbocycles. The van der Waals surface area contributed by atoms with Crippen molar-refractivity contribution in [2.24, 2.45) is 0 Å². The van der Waals surface area contributed by atoms with E-state index in [1.165, 1.54) is 0 Å². The van der Waals surface area contributed by atoms with E-state index in [2.05, 4.69) is 20.1 Å². The number of benzene rings is 1. The molecule has 146 valence electrons. The maximum Gasteiger partial charge on any atom is 0.433 e. The van der Waals surface area contributed by atoms with Crippen molar-refractivity contribution in [1.29, 1.82) is 0 Å². The summed E-state index contributed by atoms with van der Waals surface area (Å²) in [5.74, 6) is 0.0186. The SMILES string of the molecule is Cc1cccc(Cn2ccc(-c3cccc(-c4nccc(C(F)(F)F)n4)c3)n2)n1. The fourth-order valence-corrected chi connectivity index (χ4v) is 2.93. The van der Waals surface area contributed by atoms with Crippen LogP contribution in [0.2, 0.25) is 0 Å². The number of alkyl halides is 3. The zero-order valence-electron chi connectivity index (χ0n) is 15.4. The highest BCUT2D eigenvalue weighted by atomic mass is 19.4. The molecule has 0 aliphatic heterocycles. The number of aryl methyl sites for hydroxylation is 1. The van der Waals surface area contributed by atoms with E-state index < -0.39 is 11.9 Å². The van der Waals surface area contributed by atoms with E-state index in [0.717, 1.165) is 29.2 Å². The summed E-state index contributed by atoms with van der Waals surface area (Å²) in [4.78, 5) is 12.1. The van der Waals surface area contributed by atoms with Crippen LogP contribution >= 0.6 is 0 Å². The molecule has 0 aliphatic carbocycles. The predicted octanol–water partition coefficient (Wildman–Crippen LogP) is 4.78. The molecule has 8 heteroatoms. The Morgan fingerprint density at radius 2 is 1.72 bits per heavy atom. The fourth-order valence-electron chi connectivity index (χ4n) is 2.93. The summed E-state index contributed by atoms with van der Waals surface area (Å²) in [6, 6.07) is 15.5. The van der Waals surface area contributed by atoms with Crippen molar-refractivity contribution in [2.75, 3.05) is 0 Å². The van der Waals surface area contributed by atoms with Crippen molar-refractivity contribution >= 4 is 0 Å². The lowest BCUT2D eigenvalue weighted by Gasteiger charge is -2.07. The summed E-state index contributed by atoms with van der Waals surface area (Å²) in [5, 5.41) is 4.55. The average Bonchev–Trinajstić information content (AvgIpc) is 3.16. The normalized spacial score (nSPS) is 11.6. The van der Waals surface area contributed by atoms with Gasteiger partial charge in [-0.2, -0.15) is 18.3 Å². The highest BCUT2D eigenvalue weighted by Gasteiger charge is 2.32. The highest BCUT2D eigenvalue weighted by Crippen LogP contribution is 2.29. The van der Waals surface area contributed by atoms with Crippen molar-refractivity contribution in [1.82, 2.24) is 24.7 Å². The lowest BCUT2D eigenvalue weighted by Crippen LogP contribution is -2.09. The number of hydrogen-bond acceptors (Lipinski definition) is 4. The van der Waals surface area contributed by atoms with Crippen LogP contribution in [0.1, 0.15) is 17.1 Å². The Morgan fingerprint density at radius 3 is 2.52 bits per heavy atom. The molecule has 3 aromatic heterocycles. The molecule has 4 aromatic rings. The summed E-state index contributed by atoms with van der Waals surface area (Å²) in [6.45, 7) is 2.46. The van der Waals surface area contributed by atoms with Gasteiger partial charge in [0.2, 0.25) is 0 Å². The Balaban J connectivity index is 1.61. The van der Waals surface area contributed by atoms with Crippen LogP contribution in [-0.4, -0.2) is 24.7 Å². The minimum Gasteiger partial charge on any atom is -0.266 e. The molecule has 0 radical (unpaired) electrons. The molecule has 0 aliphatic rings. The number of nitrogens with zero attached hydrogens (tertiary/aromatic N) is 5. The van der Waals surface area contributed by atoms with Crippen molar-refractivity contribution in [3.05, 3.63) is 84.1 Å². The standard InChI is InChI=1S/C21H16F3N5/c1-14-4-2-7-17(26-14)13-29-11-9-18(28-29)15-5-3-6-16(12-15)20-25-10-8-19(27-20)21(22,23)24/h2-12H,13H2,1H3. The topological polar surface area (TPSA) is 56.5 Å². The first kappa shape index (κ1) is 18.8. The summed E-state index contributed by atoms with van der Waals surface area (Å²) < 4.78 is 40.5. The first-order valence-electron chi connectivity index (χ1n) is 8.85. The second-order valence-corrected chi connectivity index (χ2v) is 6.51. The molecule has 0 fully saturated rings. The van der Waals surface area contributed by atoms with E-state index in [9.17, 15) is 13.2 Å². The molecule has 0 saturated heterocycles. The Kier molecular flexibility index (Phi) is 4.84. The molecule has 4 rings (SSSR count). The van der Waals surface area contributed by atoms with Gasteiger partial charge in [0, 0.05) is 29.2 Å². The van der Waals surface area contributed by atoms with Crippen LogP contribution in [0, 0.1) is 6.92 Å². The number of aromatic nitrogens is 5. The van der Waals surface area contributed by atoms with E-state index in [1.807, 2.05) is 43.5 Å². The van der Waals surface area contributed by atoms with Gasteiger partial charge in [0.25, 0.3) is 0 Å². The van der Waals surface area contributed by atoms with Crippen LogP contribution in [0.5, 0.6) is 0 Å². The lowest BCUT2D eigenvalue weighted by atomic mass is 10.1. The number of rotatable bonds is 4. The van der Waals surface area contributed by atoms with Crippen LogP contribution in [0.3, 0.4) is 0 Å². The van der Waals surface area contributed by atoms with Gasteiger partial charge in [0.05, 0.1) is 17.9 Å². The molecule has 3 heterocycles. The highest BCUT2D eigenvalue weighted by molar-refractivity contribution is 5.67. The summed E-state index contributed by atoms with van der Waals surface area (Å²) in [5.41, 5.74) is 2.81. The molecule has 5 nitrogen and oxygen atoms in total. The molecule has 0 saturated carbocycles. The van der Waals surface area contributed by atoms with Crippen molar-refractivity contribution < 1.29 is 13.2 Å². The van der Waals surface area contributed by atoms with Gasteiger partial charge in [0.15, 0.2) is 5.82 Å². The van der Waals surface area contributed by atoms with E-state index in [4.69, 9.17) is 0 Å². The minimum absolute atomic E-state index is 0.0186. The number of halogens is 3. The molecular weight excluding hydrogens is 379 g/mol. The van der Waals surface area contributed by atoms with Crippen molar-refractivity contribution in [3.63, 3.8) is 0 Å². The third kappa shape index (κ3) is 4.31. The largest absolute Gasteiger partial charge is 0.433 e. The summed E-state index contributed by atoms with van der Waals surface area (Å²) in [7, 11) is 0. The lowest BCUT2D eigenvalue weighted by molar-refractivity contribution is -0.141. The van der Waals surface area contributed by atoms with Gasteiger partial charge in [-0.1, -0.05) is 24.3 Å². The maximum atomic E-state index is 12.9. The molecule has 0 unspecified atom stereocenters. The molecule has 0 amide bonds. The van der Waals surface area contributed by atoms with E-state index >= 15 is 0 Å². The zero-order chi connectivity index (χ0) is 20.4. The average molecular weight is 395 g/mol. The molecule has 0 atom stereocenters. The Labute approximate surface area is 164 Å². The van der Waals surface area contributed by atoms with Gasteiger partial charge in [-0.05, 0) is 37.3 Å². The van der Waals surface area contributed by atoms with Gasteiger partial charge >= 0.3 is 6.18 Å². The van der Waals surface area contributed by atoms with Crippen LogP contribution in [0.15, 0.2) is 67.0 Å². The van der Waals surface area contributed by atoms with E-state index in [0.29, 0.717) is 17.8 Å². The van der Waals surface area contributed by atoms with Crippen LogP contribution in [0.4, 0.5) is 13.2 Å². The Morgan fingerprint density at radius 1 is 0.931 bits per heavy atom. The van der Waals surface area contributed by atoms with Crippen molar-refractivity contribution in [3.8, 4) is 22.6 Å².